The third-order valence-corrected chi connectivity index (χ3v) is 5.21. The lowest BCUT2D eigenvalue weighted by molar-refractivity contribution is 0.0709. The summed E-state index contributed by atoms with van der Waals surface area (Å²) in [6, 6.07) is 7.43. The maximum absolute atomic E-state index is 12.9. The zero-order chi connectivity index (χ0) is 17.4. The van der Waals surface area contributed by atoms with Crippen LogP contribution in [0.5, 0.6) is 5.75 Å². The zero-order valence-electron chi connectivity index (χ0n) is 14.2. The number of ether oxygens (including phenoxy) is 1. The summed E-state index contributed by atoms with van der Waals surface area (Å²) in [7, 11) is 1.61. The van der Waals surface area contributed by atoms with E-state index < -0.39 is 6.10 Å². The molecule has 2 atom stereocenters. The number of amides is 1. The standard InChI is InChI=1S/C19H22N2O4/c1-24-15-7-3-6-13(8-15)17-9-14(22)10-21(17)19(23)16-11-25-18(20-16)12-4-2-5-12/h3,6-8,11-12,14,17,22H,2,4-5,9-10H2,1H3. The first-order valence-corrected chi connectivity index (χ1v) is 8.74. The number of β-amino-alcohol motifs (C(OH)–C–C–N with tert-alkyl or cyclic N) is 1. The van der Waals surface area contributed by atoms with E-state index in [9.17, 15) is 9.90 Å². The Morgan fingerprint density at radius 1 is 1.40 bits per heavy atom. The predicted molar refractivity (Wildman–Crippen MR) is 90.5 cm³/mol. The van der Waals surface area contributed by atoms with Crippen molar-refractivity contribution >= 4 is 5.91 Å². The molecule has 2 unspecified atom stereocenters. The molecule has 0 radical (unpaired) electrons. The molecule has 2 heterocycles. The average molecular weight is 342 g/mol. The number of aromatic nitrogens is 1. The number of oxazole rings is 1. The minimum absolute atomic E-state index is 0.193. The average Bonchev–Trinajstić information content (AvgIpc) is 3.20. The number of nitrogens with zero attached hydrogens (tertiary/aromatic N) is 2. The number of methoxy groups -OCH3 is 1. The molecule has 2 aliphatic rings. The molecule has 1 N–H and O–H groups in total. The summed E-state index contributed by atoms with van der Waals surface area (Å²) in [6.07, 6.45) is 4.74. The van der Waals surface area contributed by atoms with Gasteiger partial charge < -0.3 is 19.2 Å². The SMILES string of the molecule is COc1cccc(C2CC(O)CN2C(=O)c2coc(C3CCC3)n2)c1. The highest BCUT2D eigenvalue weighted by Crippen LogP contribution is 2.37. The molecule has 1 saturated heterocycles. The van der Waals surface area contributed by atoms with Crippen molar-refractivity contribution in [3.05, 3.63) is 47.7 Å². The number of likely N-dealkylation sites (tertiary alicyclic amines) is 1. The number of aliphatic hydroxyl groups excluding tert-OH is 1. The fourth-order valence-corrected chi connectivity index (χ4v) is 3.58. The molecule has 1 saturated carbocycles. The third kappa shape index (κ3) is 3.02. The largest absolute Gasteiger partial charge is 0.497 e. The van der Waals surface area contributed by atoms with Crippen LogP contribution in [0.4, 0.5) is 0 Å². The molecule has 1 aromatic heterocycles. The molecule has 2 aromatic rings. The lowest BCUT2D eigenvalue weighted by atomic mass is 9.85. The molecule has 1 aliphatic carbocycles. The highest BCUT2D eigenvalue weighted by atomic mass is 16.5. The molecule has 0 spiro atoms. The summed E-state index contributed by atoms with van der Waals surface area (Å²) in [5, 5.41) is 10.1. The van der Waals surface area contributed by atoms with Gasteiger partial charge in [-0.05, 0) is 37.0 Å². The van der Waals surface area contributed by atoms with Crippen molar-refractivity contribution in [2.24, 2.45) is 0 Å². The molecule has 1 aliphatic heterocycles. The van der Waals surface area contributed by atoms with Crippen LogP contribution in [-0.2, 0) is 0 Å². The van der Waals surface area contributed by atoms with Crippen LogP contribution in [0.25, 0.3) is 0 Å². The normalized spacial score (nSPS) is 23.5. The Kier molecular flexibility index (Phi) is 4.21. The number of carbonyl (C=O) groups excluding carboxylic acids is 1. The van der Waals surface area contributed by atoms with Crippen LogP contribution in [0.3, 0.4) is 0 Å². The van der Waals surface area contributed by atoms with Crippen molar-refractivity contribution in [2.45, 2.75) is 43.7 Å². The molecule has 6 heteroatoms. The highest BCUT2D eigenvalue weighted by Gasteiger charge is 2.37. The Balaban J connectivity index is 1.58. The first-order valence-electron chi connectivity index (χ1n) is 8.74. The summed E-state index contributed by atoms with van der Waals surface area (Å²) >= 11 is 0. The maximum Gasteiger partial charge on any atom is 0.276 e. The van der Waals surface area contributed by atoms with E-state index in [2.05, 4.69) is 4.98 Å². The van der Waals surface area contributed by atoms with E-state index in [4.69, 9.17) is 9.15 Å². The summed E-state index contributed by atoms with van der Waals surface area (Å²) in [4.78, 5) is 19.0. The summed E-state index contributed by atoms with van der Waals surface area (Å²) in [6.45, 7) is 0.298. The van der Waals surface area contributed by atoms with Crippen LogP contribution in [0.2, 0.25) is 0 Å². The molecule has 6 nitrogen and oxygen atoms in total. The molecule has 2 fully saturated rings. The first kappa shape index (κ1) is 16.1. The lowest BCUT2D eigenvalue weighted by Gasteiger charge is -2.24. The smallest absolute Gasteiger partial charge is 0.276 e. The number of carbonyl (C=O) groups is 1. The fraction of sp³-hybridized carbons (Fsp3) is 0.474. The quantitative estimate of drug-likeness (QED) is 0.924. The third-order valence-electron chi connectivity index (χ3n) is 5.21. The van der Waals surface area contributed by atoms with E-state index >= 15 is 0 Å². The van der Waals surface area contributed by atoms with Crippen molar-refractivity contribution in [3.8, 4) is 5.75 Å². The number of hydrogen-bond donors (Lipinski definition) is 1. The minimum Gasteiger partial charge on any atom is -0.497 e. The maximum atomic E-state index is 12.9. The van der Waals surface area contributed by atoms with Crippen molar-refractivity contribution in [1.82, 2.24) is 9.88 Å². The summed E-state index contributed by atoms with van der Waals surface area (Å²) in [5.41, 5.74) is 1.27. The Labute approximate surface area is 146 Å². The van der Waals surface area contributed by atoms with E-state index in [1.165, 1.54) is 12.7 Å². The number of hydrogen-bond acceptors (Lipinski definition) is 5. The molecule has 0 bridgehead atoms. The summed E-state index contributed by atoms with van der Waals surface area (Å²) < 4.78 is 10.8. The Bertz CT molecular complexity index is 768. The fourth-order valence-electron chi connectivity index (χ4n) is 3.58. The van der Waals surface area contributed by atoms with Gasteiger partial charge in [0, 0.05) is 12.5 Å². The second-order valence-corrected chi connectivity index (χ2v) is 6.84. The van der Waals surface area contributed by atoms with Gasteiger partial charge >= 0.3 is 0 Å². The highest BCUT2D eigenvalue weighted by molar-refractivity contribution is 5.92. The first-order chi connectivity index (χ1) is 12.2. The van der Waals surface area contributed by atoms with Crippen LogP contribution >= 0.6 is 0 Å². The van der Waals surface area contributed by atoms with Crippen LogP contribution in [0.1, 0.15) is 59.6 Å². The van der Waals surface area contributed by atoms with Crippen LogP contribution in [0, 0.1) is 0 Å². The van der Waals surface area contributed by atoms with Crippen molar-refractivity contribution in [1.29, 1.82) is 0 Å². The van der Waals surface area contributed by atoms with Gasteiger partial charge in [-0.3, -0.25) is 4.79 Å². The lowest BCUT2D eigenvalue weighted by Crippen LogP contribution is -2.32. The Hall–Kier alpha value is -2.34. The van der Waals surface area contributed by atoms with Crippen LogP contribution in [0.15, 0.2) is 34.9 Å². The number of rotatable bonds is 4. The molecular weight excluding hydrogens is 320 g/mol. The van der Waals surface area contributed by atoms with E-state index in [-0.39, 0.29) is 11.9 Å². The molecule has 25 heavy (non-hydrogen) atoms. The Morgan fingerprint density at radius 2 is 2.24 bits per heavy atom. The van der Waals surface area contributed by atoms with E-state index in [1.54, 1.807) is 12.0 Å². The second-order valence-electron chi connectivity index (χ2n) is 6.84. The van der Waals surface area contributed by atoms with Crippen molar-refractivity contribution < 1.29 is 19.1 Å². The molecule has 1 amide bonds. The minimum atomic E-state index is -0.543. The van der Waals surface area contributed by atoms with Crippen LogP contribution < -0.4 is 4.74 Å². The van der Waals surface area contributed by atoms with Gasteiger partial charge in [0.15, 0.2) is 11.6 Å². The summed E-state index contributed by atoms with van der Waals surface area (Å²) in [5.74, 6) is 1.55. The van der Waals surface area contributed by atoms with Gasteiger partial charge in [-0.15, -0.1) is 0 Å². The second kappa shape index (κ2) is 6.52. The van der Waals surface area contributed by atoms with E-state index in [0.29, 0.717) is 30.5 Å². The topological polar surface area (TPSA) is 75.8 Å². The van der Waals surface area contributed by atoms with Gasteiger partial charge in [-0.2, -0.15) is 0 Å². The Morgan fingerprint density at radius 3 is 2.96 bits per heavy atom. The monoisotopic (exact) mass is 342 g/mol. The van der Waals surface area contributed by atoms with E-state index in [1.807, 2.05) is 24.3 Å². The van der Waals surface area contributed by atoms with Gasteiger partial charge in [-0.25, -0.2) is 4.98 Å². The number of aliphatic hydroxyl groups is 1. The predicted octanol–water partition coefficient (Wildman–Crippen LogP) is 2.90. The van der Waals surface area contributed by atoms with Crippen molar-refractivity contribution in [2.75, 3.05) is 13.7 Å². The number of benzene rings is 1. The van der Waals surface area contributed by atoms with Gasteiger partial charge in [-0.1, -0.05) is 18.6 Å². The molecule has 1 aromatic carbocycles. The van der Waals surface area contributed by atoms with E-state index in [0.717, 1.165) is 24.2 Å². The molecule has 4 rings (SSSR count). The van der Waals surface area contributed by atoms with Gasteiger partial charge in [0.2, 0.25) is 0 Å². The van der Waals surface area contributed by atoms with Gasteiger partial charge in [0.05, 0.1) is 19.3 Å². The zero-order valence-corrected chi connectivity index (χ0v) is 14.2. The molecule has 132 valence electrons. The van der Waals surface area contributed by atoms with Crippen LogP contribution in [-0.4, -0.2) is 40.7 Å². The molecular formula is C19H22N2O4. The van der Waals surface area contributed by atoms with Gasteiger partial charge in [0.25, 0.3) is 5.91 Å². The van der Waals surface area contributed by atoms with Gasteiger partial charge in [0.1, 0.15) is 12.0 Å². The van der Waals surface area contributed by atoms with Crippen molar-refractivity contribution in [3.63, 3.8) is 0 Å².